The summed E-state index contributed by atoms with van der Waals surface area (Å²) in [6, 6.07) is 0. The third-order valence-electron chi connectivity index (χ3n) is 4.04. The monoisotopic (exact) mass is 258 g/mol. The number of hydrogen-bond donors (Lipinski definition) is 1. The lowest BCUT2D eigenvalue weighted by molar-refractivity contribution is -0.165. The Bertz CT molecular complexity index is 263. The first-order valence-corrected chi connectivity index (χ1v) is 6.89. The lowest BCUT2D eigenvalue weighted by Gasteiger charge is -2.39. The lowest BCUT2D eigenvalue weighted by atomic mass is 9.83. The summed E-state index contributed by atoms with van der Waals surface area (Å²) in [7, 11) is 1.42. The SMILES string of the molecule is CC[C@@H](C(=O)OC)[C@H]1CC[C@H](C)[C@H]([C@@H](C)CO)O1. The Kier molecular flexibility index (Phi) is 6.09. The second-order valence-electron chi connectivity index (χ2n) is 5.39. The number of hydrogen-bond acceptors (Lipinski definition) is 4. The summed E-state index contributed by atoms with van der Waals surface area (Å²) in [4.78, 5) is 11.7. The average Bonchev–Trinajstić information content (AvgIpc) is 2.40. The van der Waals surface area contributed by atoms with Gasteiger partial charge in [-0.1, -0.05) is 20.8 Å². The fourth-order valence-corrected chi connectivity index (χ4v) is 2.82. The molecule has 1 aliphatic rings. The highest BCUT2D eigenvalue weighted by atomic mass is 16.5. The molecular weight excluding hydrogens is 232 g/mol. The van der Waals surface area contributed by atoms with Gasteiger partial charge < -0.3 is 14.6 Å². The van der Waals surface area contributed by atoms with E-state index >= 15 is 0 Å². The van der Waals surface area contributed by atoms with Gasteiger partial charge in [-0.15, -0.1) is 0 Å². The molecule has 0 aromatic carbocycles. The van der Waals surface area contributed by atoms with Gasteiger partial charge in [-0.05, 0) is 25.2 Å². The second-order valence-corrected chi connectivity index (χ2v) is 5.39. The molecule has 1 rings (SSSR count). The molecule has 0 spiro atoms. The largest absolute Gasteiger partial charge is 0.469 e. The molecule has 0 saturated carbocycles. The maximum absolute atomic E-state index is 11.7. The van der Waals surface area contributed by atoms with Gasteiger partial charge in [-0.3, -0.25) is 4.79 Å². The van der Waals surface area contributed by atoms with Crippen LogP contribution in [-0.2, 0) is 14.3 Å². The molecule has 1 saturated heterocycles. The van der Waals surface area contributed by atoms with E-state index in [0.717, 1.165) is 19.3 Å². The third kappa shape index (κ3) is 3.45. The van der Waals surface area contributed by atoms with Crippen LogP contribution < -0.4 is 0 Å². The van der Waals surface area contributed by atoms with E-state index in [4.69, 9.17) is 9.47 Å². The van der Waals surface area contributed by atoms with Gasteiger partial charge in [0.15, 0.2) is 0 Å². The van der Waals surface area contributed by atoms with E-state index in [0.29, 0.717) is 5.92 Å². The molecule has 0 aromatic rings. The fraction of sp³-hybridized carbons (Fsp3) is 0.929. The number of aliphatic hydroxyl groups excluding tert-OH is 1. The topological polar surface area (TPSA) is 55.8 Å². The highest BCUT2D eigenvalue weighted by Crippen LogP contribution is 2.33. The van der Waals surface area contributed by atoms with E-state index in [9.17, 15) is 9.90 Å². The highest BCUT2D eigenvalue weighted by Gasteiger charge is 2.37. The van der Waals surface area contributed by atoms with Crippen molar-refractivity contribution in [2.45, 2.75) is 52.2 Å². The molecule has 1 fully saturated rings. The van der Waals surface area contributed by atoms with Crippen molar-refractivity contribution >= 4 is 5.97 Å². The highest BCUT2D eigenvalue weighted by molar-refractivity contribution is 5.72. The second kappa shape index (κ2) is 7.10. The van der Waals surface area contributed by atoms with E-state index < -0.39 is 0 Å². The van der Waals surface area contributed by atoms with Crippen LogP contribution in [0.2, 0.25) is 0 Å². The first kappa shape index (κ1) is 15.4. The van der Waals surface area contributed by atoms with Crippen molar-refractivity contribution in [1.82, 2.24) is 0 Å². The number of methoxy groups -OCH3 is 1. The molecule has 18 heavy (non-hydrogen) atoms. The summed E-state index contributed by atoms with van der Waals surface area (Å²) >= 11 is 0. The van der Waals surface area contributed by atoms with Crippen LogP contribution >= 0.6 is 0 Å². The smallest absolute Gasteiger partial charge is 0.311 e. The standard InChI is InChI=1S/C14H26O4/c1-5-11(14(16)17-4)12-7-6-9(2)13(18-12)10(3)8-15/h9-13,15H,5-8H2,1-4H3/t9-,10-,11+,12+,13+/m0/s1. The number of aliphatic hydroxyl groups is 1. The van der Waals surface area contributed by atoms with E-state index in [1.807, 2.05) is 13.8 Å². The summed E-state index contributed by atoms with van der Waals surface area (Å²) in [6.07, 6.45) is 2.62. The molecule has 4 heteroatoms. The first-order valence-electron chi connectivity index (χ1n) is 6.89. The van der Waals surface area contributed by atoms with Crippen LogP contribution in [0.15, 0.2) is 0 Å². The number of carbonyl (C=O) groups is 1. The molecule has 0 unspecified atom stereocenters. The van der Waals surface area contributed by atoms with Crippen molar-refractivity contribution in [1.29, 1.82) is 0 Å². The minimum absolute atomic E-state index is 0.0347. The van der Waals surface area contributed by atoms with Gasteiger partial charge in [0.25, 0.3) is 0 Å². The maximum atomic E-state index is 11.7. The molecule has 106 valence electrons. The van der Waals surface area contributed by atoms with Crippen LogP contribution in [0.5, 0.6) is 0 Å². The first-order chi connectivity index (χ1) is 8.54. The number of ether oxygens (including phenoxy) is 2. The Morgan fingerprint density at radius 3 is 2.67 bits per heavy atom. The van der Waals surface area contributed by atoms with E-state index in [1.54, 1.807) is 0 Å². The van der Waals surface area contributed by atoms with Crippen LogP contribution in [0, 0.1) is 17.8 Å². The van der Waals surface area contributed by atoms with Crippen LogP contribution in [0.3, 0.4) is 0 Å². The van der Waals surface area contributed by atoms with Crippen LogP contribution in [0.4, 0.5) is 0 Å². The Labute approximate surface area is 110 Å². The number of esters is 1. The maximum Gasteiger partial charge on any atom is 0.311 e. The zero-order valence-corrected chi connectivity index (χ0v) is 11.9. The Balaban J connectivity index is 2.70. The Hall–Kier alpha value is -0.610. The van der Waals surface area contributed by atoms with Gasteiger partial charge >= 0.3 is 5.97 Å². The van der Waals surface area contributed by atoms with Crippen LogP contribution in [0.25, 0.3) is 0 Å². The molecule has 1 aliphatic heterocycles. The molecule has 1 heterocycles. The van der Waals surface area contributed by atoms with E-state index in [-0.39, 0.29) is 36.6 Å². The molecule has 1 N–H and O–H groups in total. The average molecular weight is 258 g/mol. The zero-order valence-electron chi connectivity index (χ0n) is 11.9. The van der Waals surface area contributed by atoms with Crippen molar-refractivity contribution in [3.63, 3.8) is 0 Å². The van der Waals surface area contributed by atoms with Crippen molar-refractivity contribution in [2.75, 3.05) is 13.7 Å². The molecule has 0 bridgehead atoms. The lowest BCUT2D eigenvalue weighted by Crippen LogP contribution is -2.44. The summed E-state index contributed by atoms with van der Waals surface area (Å²) in [5.74, 6) is 0.167. The summed E-state index contributed by atoms with van der Waals surface area (Å²) < 4.78 is 10.9. The molecule has 4 nitrogen and oxygen atoms in total. The van der Waals surface area contributed by atoms with Gasteiger partial charge in [0.2, 0.25) is 0 Å². The molecule has 0 amide bonds. The minimum Gasteiger partial charge on any atom is -0.469 e. The predicted molar refractivity (Wildman–Crippen MR) is 69.1 cm³/mol. The summed E-state index contributed by atoms with van der Waals surface area (Å²) in [5.41, 5.74) is 0. The van der Waals surface area contributed by atoms with Gasteiger partial charge in [-0.25, -0.2) is 0 Å². The van der Waals surface area contributed by atoms with Gasteiger partial charge in [-0.2, -0.15) is 0 Å². The third-order valence-corrected chi connectivity index (χ3v) is 4.04. The molecule has 0 radical (unpaired) electrons. The van der Waals surface area contributed by atoms with E-state index in [2.05, 4.69) is 6.92 Å². The fourth-order valence-electron chi connectivity index (χ4n) is 2.82. The molecular formula is C14H26O4. The number of carbonyl (C=O) groups excluding carboxylic acids is 1. The van der Waals surface area contributed by atoms with Crippen molar-refractivity contribution < 1.29 is 19.4 Å². The Morgan fingerprint density at radius 1 is 1.50 bits per heavy atom. The van der Waals surface area contributed by atoms with Crippen LogP contribution in [0.1, 0.15) is 40.0 Å². The van der Waals surface area contributed by atoms with Crippen molar-refractivity contribution in [3.05, 3.63) is 0 Å². The molecule has 0 aliphatic carbocycles. The summed E-state index contributed by atoms with van der Waals surface area (Å²) in [6.45, 7) is 6.24. The van der Waals surface area contributed by atoms with Gasteiger partial charge in [0, 0.05) is 12.5 Å². The van der Waals surface area contributed by atoms with Crippen molar-refractivity contribution in [3.8, 4) is 0 Å². The predicted octanol–water partition coefficient (Wildman–Crippen LogP) is 2.00. The van der Waals surface area contributed by atoms with Gasteiger partial charge in [0.1, 0.15) is 0 Å². The van der Waals surface area contributed by atoms with Gasteiger partial charge in [0.05, 0.1) is 25.2 Å². The Morgan fingerprint density at radius 2 is 2.17 bits per heavy atom. The summed E-state index contributed by atoms with van der Waals surface area (Å²) in [5, 5.41) is 9.27. The quantitative estimate of drug-likeness (QED) is 0.766. The van der Waals surface area contributed by atoms with Crippen molar-refractivity contribution in [2.24, 2.45) is 17.8 Å². The normalized spacial score (nSPS) is 31.7. The van der Waals surface area contributed by atoms with Crippen LogP contribution in [-0.4, -0.2) is 37.0 Å². The molecule has 0 aromatic heterocycles. The molecule has 5 atom stereocenters. The van der Waals surface area contributed by atoms with E-state index in [1.165, 1.54) is 7.11 Å². The number of rotatable bonds is 5. The minimum atomic E-state index is -0.188. The zero-order chi connectivity index (χ0) is 13.7.